The SMILES string of the molecule is CC.CCCC[N+]1=C(/C=C/C2=C(Cl)C(=C/C=C3/N(CCCS(=O)(=O)O)c4ccccc4C3(C)CCCC(=O)O)/CCC2)C(C)(C)c2ccccc21. The maximum absolute atomic E-state index is 11.6. The first-order valence-electron chi connectivity index (χ1n) is 18.5. The molecule has 0 radical (unpaired) electrons. The highest BCUT2D eigenvalue weighted by Gasteiger charge is 2.44. The van der Waals surface area contributed by atoms with Crippen LogP contribution in [0.3, 0.4) is 0 Å². The quantitative estimate of drug-likeness (QED) is 0.148. The molecule has 0 fully saturated rings. The molecular weight excluding hydrogens is 680 g/mol. The molecule has 0 spiro atoms. The molecule has 1 atom stereocenters. The van der Waals surface area contributed by atoms with Crippen molar-refractivity contribution < 1.29 is 27.4 Å². The van der Waals surface area contributed by atoms with Crippen LogP contribution in [0.4, 0.5) is 11.4 Å². The Balaban J connectivity index is 0.00000286. The smallest absolute Gasteiger partial charge is 0.303 e. The van der Waals surface area contributed by atoms with Gasteiger partial charge in [0.15, 0.2) is 5.71 Å². The zero-order valence-corrected chi connectivity index (χ0v) is 32.8. The number of aliphatic carboxylic acids is 1. The normalized spacial score (nSPS) is 21.4. The molecular formula is C42H56ClN2O5S+. The molecule has 2 heterocycles. The predicted octanol–water partition coefficient (Wildman–Crippen LogP) is 10.2. The van der Waals surface area contributed by atoms with Crippen LogP contribution in [-0.2, 0) is 25.7 Å². The van der Waals surface area contributed by atoms with Gasteiger partial charge in [-0.25, -0.2) is 0 Å². The molecule has 0 saturated heterocycles. The van der Waals surface area contributed by atoms with E-state index in [4.69, 9.17) is 11.6 Å². The van der Waals surface area contributed by atoms with Gasteiger partial charge in [-0.1, -0.05) is 87.3 Å². The van der Waals surface area contributed by atoms with Crippen LogP contribution in [0.15, 0.2) is 94.7 Å². The Morgan fingerprint density at radius 1 is 0.961 bits per heavy atom. The van der Waals surface area contributed by atoms with E-state index in [-0.39, 0.29) is 24.0 Å². The molecule has 9 heteroatoms. The third kappa shape index (κ3) is 9.13. The highest BCUT2D eigenvalue weighted by atomic mass is 35.5. The van der Waals surface area contributed by atoms with E-state index >= 15 is 0 Å². The average Bonchev–Trinajstić information content (AvgIpc) is 3.46. The second-order valence-electron chi connectivity index (χ2n) is 14.2. The van der Waals surface area contributed by atoms with Gasteiger partial charge < -0.3 is 10.0 Å². The molecule has 7 nitrogen and oxygen atoms in total. The molecule has 0 bridgehead atoms. The average molecular weight is 736 g/mol. The van der Waals surface area contributed by atoms with Gasteiger partial charge in [0.25, 0.3) is 10.1 Å². The van der Waals surface area contributed by atoms with Gasteiger partial charge in [0.05, 0.1) is 11.2 Å². The van der Waals surface area contributed by atoms with Crippen molar-refractivity contribution in [2.45, 2.75) is 110 Å². The van der Waals surface area contributed by atoms with Gasteiger partial charge >= 0.3 is 5.97 Å². The third-order valence-corrected chi connectivity index (χ3v) is 11.7. The molecule has 2 aromatic carbocycles. The molecule has 51 heavy (non-hydrogen) atoms. The minimum Gasteiger partial charge on any atom is -0.481 e. The lowest BCUT2D eigenvalue weighted by molar-refractivity contribution is -0.438. The summed E-state index contributed by atoms with van der Waals surface area (Å²) in [4.78, 5) is 13.6. The summed E-state index contributed by atoms with van der Waals surface area (Å²) in [5.74, 6) is -1.17. The van der Waals surface area contributed by atoms with Crippen molar-refractivity contribution in [3.63, 3.8) is 0 Å². The summed E-state index contributed by atoms with van der Waals surface area (Å²) in [6, 6.07) is 16.7. The van der Waals surface area contributed by atoms with Crippen LogP contribution in [0, 0.1) is 0 Å². The number of rotatable bonds is 14. The van der Waals surface area contributed by atoms with Crippen molar-refractivity contribution in [3.05, 3.63) is 106 Å². The van der Waals surface area contributed by atoms with E-state index < -0.39 is 21.5 Å². The van der Waals surface area contributed by atoms with Crippen LogP contribution in [-0.4, -0.2) is 53.2 Å². The van der Waals surface area contributed by atoms with E-state index in [0.717, 1.165) is 71.8 Å². The highest BCUT2D eigenvalue weighted by molar-refractivity contribution is 7.85. The number of carboxylic acid groups (broad SMARTS) is 1. The Bertz CT molecular complexity index is 1850. The van der Waals surface area contributed by atoms with Crippen molar-refractivity contribution in [3.8, 4) is 0 Å². The molecule has 276 valence electrons. The minimum atomic E-state index is -4.11. The van der Waals surface area contributed by atoms with Crippen LogP contribution < -0.4 is 4.90 Å². The molecule has 3 aliphatic rings. The minimum absolute atomic E-state index is 0.0654. The fourth-order valence-electron chi connectivity index (χ4n) is 7.78. The summed E-state index contributed by atoms with van der Waals surface area (Å²) in [7, 11) is -4.11. The van der Waals surface area contributed by atoms with E-state index in [2.05, 4.69) is 91.8 Å². The van der Waals surface area contributed by atoms with E-state index in [1.165, 1.54) is 17.0 Å². The lowest BCUT2D eigenvalue weighted by atomic mass is 9.77. The Labute approximate surface area is 310 Å². The number of carboxylic acids is 1. The van der Waals surface area contributed by atoms with Crippen LogP contribution in [0.1, 0.15) is 110 Å². The van der Waals surface area contributed by atoms with Gasteiger partial charge in [-0.05, 0) is 88.1 Å². The molecule has 5 rings (SSSR count). The second kappa shape index (κ2) is 17.4. The molecule has 2 N–H and O–H groups in total. The molecule has 1 aliphatic carbocycles. The van der Waals surface area contributed by atoms with Crippen LogP contribution >= 0.6 is 11.6 Å². The summed E-state index contributed by atoms with van der Waals surface area (Å²) in [6.07, 6.45) is 15.0. The summed E-state index contributed by atoms with van der Waals surface area (Å²) in [5.41, 5.74) is 8.45. The number of hydrogen-bond donors (Lipinski definition) is 2. The first-order chi connectivity index (χ1) is 24.3. The summed E-state index contributed by atoms with van der Waals surface area (Å²) in [6.45, 7) is 14.3. The van der Waals surface area contributed by atoms with E-state index in [1.54, 1.807) is 0 Å². The number of benzene rings is 2. The number of nitrogens with zero attached hydrogens (tertiary/aromatic N) is 2. The largest absolute Gasteiger partial charge is 0.481 e. The summed E-state index contributed by atoms with van der Waals surface area (Å²) >= 11 is 7.18. The third-order valence-electron chi connectivity index (χ3n) is 10.4. The fourth-order valence-corrected chi connectivity index (χ4v) is 8.59. The predicted molar refractivity (Wildman–Crippen MR) is 211 cm³/mol. The number of hydrogen-bond acceptors (Lipinski definition) is 4. The topological polar surface area (TPSA) is 97.9 Å². The van der Waals surface area contributed by atoms with E-state index in [1.807, 2.05) is 32.0 Å². The van der Waals surface area contributed by atoms with E-state index in [0.29, 0.717) is 19.4 Å². The van der Waals surface area contributed by atoms with Crippen LogP contribution in [0.2, 0.25) is 0 Å². The Morgan fingerprint density at radius 2 is 1.65 bits per heavy atom. The number of carbonyl (C=O) groups is 1. The van der Waals surface area contributed by atoms with Crippen molar-refractivity contribution in [1.29, 1.82) is 0 Å². The Kier molecular flexibility index (Phi) is 13.7. The molecule has 1 unspecified atom stereocenters. The highest BCUT2D eigenvalue weighted by Crippen LogP contribution is 2.51. The Hall–Kier alpha value is -3.46. The Morgan fingerprint density at radius 3 is 2.33 bits per heavy atom. The van der Waals surface area contributed by atoms with Gasteiger partial charge in [0.1, 0.15) is 6.54 Å². The number of allylic oxidation sites excluding steroid dienone is 8. The lowest BCUT2D eigenvalue weighted by Gasteiger charge is -2.30. The zero-order valence-electron chi connectivity index (χ0n) is 31.2. The maximum Gasteiger partial charge on any atom is 0.303 e. The first-order valence-corrected chi connectivity index (χ1v) is 20.5. The number of halogens is 1. The standard InChI is InChI=1S/C40H49ClN2O5S.C2H6/c1-5-6-26-42-33-18-9-7-16-31(33)39(2,3)35(42)23-21-29-14-11-15-30(38(29)41)22-24-36-40(4,25-12-20-37(44)45)32-17-8-10-19-34(32)43(36)27-13-28-49(46,47)48;1-2/h7-10,16-19,21-24H,5-6,11-15,20,25-28H2,1-4H3,(H-,44,45,46,47,48);1-2H3/p+1. The number of para-hydroxylation sites is 2. The zero-order chi connectivity index (χ0) is 37.4. The van der Waals surface area contributed by atoms with Crippen molar-refractivity contribution in [2.75, 3.05) is 23.7 Å². The summed E-state index contributed by atoms with van der Waals surface area (Å²) < 4.78 is 35.1. The molecule has 0 amide bonds. The van der Waals surface area contributed by atoms with Gasteiger partial charge in [-0.15, -0.1) is 0 Å². The van der Waals surface area contributed by atoms with Gasteiger partial charge in [0.2, 0.25) is 5.69 Å². The van der Waals surface area contributed by atoms with Gasteiger partial charge in [-0.3, -0.25) is 9.35 Å². The second-order valence-corrected chi connectivity index (χ2v) is 16.1. The van der Waals surface area contributed by atoms with Crippen molar-refractivity contribution in [2.24, 2.45) is 0 Å². The molecule has 2 aromatic rings. The fraction of sp³-hybridized carbons (Fsp3) is 0.476. The van der Waals surface area contributed by atoms with Crippen molar-refractivity contribution >= 4 is 44.8 Å². The van der Waals surface area contributed by atoms with Gasteiger partial charge in [0, 0.05) is 58.9 Å². The summed E-state index contributed by atoms with van der Waals surface area (Å²) in [5, 5.41) is 10.2. The maximum atomic E-state index is 11.6. The number of unbranched alkanes of at least 4 members (excludes halogenated alkanes) is 1. The van der Waals surface area contributed by atoms with Gasteiger partial charge in [-0.2, -0.15) is 13.0 Å². The molecule has 0 saturated carbocycles. The van der Waals surface area contributed by atoms with E-state index in [9.17, 15) is 22.9 Å². The molecule has 2 aliphatic heterocycles. The lowest BCUT2D eigenvalue weighted by Crippen LogP contribution is -2.30. The van der Waals surface area contributed by atoms with Crippen LogP contribution in [0.5, 0.6) is 0 Å². The molecule has 0 aromatic heterocycles. The number of anilines is 1. The van der Waals surface area contributed by atoms with Crippen molar-refractivity contribution in [1.82, 2.24) is 0 Å². The monoisotopic (exact) mass is 735 g/mol. The van der Waals surface area contributed by atoms with Crippen LogP contribution in [0.25, 0.3) is 0 Å². The first kappa shape index (κ1) is 40.3. The number of fused-ring (bicyclic) bond motifs is 2.